The number of hydrogen-bond donors (Lipinski definition) is 2. The van der Waals surface area contributed by atoms with Gasteiger partial charge in [0.2, 0.25) is 0 Å². The fourth-order valence-electron chi connectivity index (χ4n) is 3.82. The molecule has 2 aromatic heterocycles. The molecule has 2 atom stereocenters. The van der Waals surface area contributed by atoms with Crippen LogP contribution >= 0.6 is 11.3 Å². The quantitative estimate of drug-likeness (QED) is 0.498. The lowest BCUT2D eigenvalue weighted by molar-refractivity contribution is -0.193. The summed E-state index contributed by atoms with van der Waals surface area (Å²) in [6, 6.07) is 6.11. The number of aliphatic carboxylic acids is 2. The van der Waals surface area contributed by atoms with E-state index in [-0.39, 0.29) is 5.41 Å². The van der Waals surface area contributed by atoms with Crippen LogP contribution in [0.4, 0.5) is 26.3 Å². The maximum atomic E-state index is 10.6. The topological polar surface area (TPSA) is 122 Å². The van der Waals surface area contributed by atoms with E-state index in [1.807, 2.05) is 19.2 Å². The van der Waals surface area contributed by atoms with Crippen molar-refractivity contribution in [2.24, 2.45) is 11.3 Å². The summed E-state index contributed by atoms with van der Waals surface area (Å²) in [5.41, 5.74) is 2.29. The molecule has 0 amide bonds. The molecule has 0 bridgehead atoms. The van der Waals surface area contributed by atoms with E-state index < -0.39 is 24.3 Å². The first-order valence-corrected chi connectivity index (χ1v) is 11.8. The number of aromatic nitrogens is 2. The number of likely N-dealkylation sites (tertiary alicyclic amines) is 1. The first kappa shape index (κ1) is 31.4. The average Bonchev–Trinajstić information content (AvgIpc) is 3.48. The zero-order valence-electron chi connectivity index (χ0n) is 20.0. The number of thiazole rings is 1. The van der Waals surface area contributed by atoms with Crippen LogP contribution in [0.1, 0.15) is 16.4 Å². The van der Waals surface area contributed by atoms with Crippen molar-refractivity contribution in [2.75, 3.05) is 32.9 Å². The summed E-state index contributed by atoms with van der Waals surface area (Å²) in [4.78, 5) is 29.2. The zero-order chi connectivity index (χ0) is 28.6. The van der Waals surface area contributed by atoms with Gasteiger partial charge >= 0.3 is 24.3 Å². The van der Waals surface area contributed by atoms with Gasteiger partial charge in [-0.15, -0.1) is 11.3 Å². The van der Waals surface area contributed by atoms with E-state index in [4.69, 9.17) is 29.3 Å². The Balaban J connectivity index is 0.000000301. The highest BCUT2D eigenvalue weighted by Crippen LogP contribution is 2.42. The molecule has 0 radical (unpaired) electrons. The van der Waals surface area contributed by atoms with Gasteiger partial charge in [0.05, 0.1) is 42.8 Å². The SMILES string of the molecule is Cc1nc(COC[C@]23COC[C@H]2CN(Cc2ccccn2)C3)cs1.O=C(O)C(F)(F)F.O=C(O)C(F)(F)F. The number of nitrogens with zero attached hydrogens (tertiary/aromatic N) is 3. The summed E-state index contributed by atoms with van der Waals surface area (Å²) >= 11 is 1.68. The van der Waals surface area contributed by atoms with Gasteiger partial charge in [0.1, 0.15) is 0 Å². The lowest BCUT2D eigenvalue weighted by atomic mass is 9.82. The van der Waals surface area contributed by atoms with E-state index in [0.29, 0.717) is 12.5 Å². The van der Waals surface area contributed by atoms with Gasteiger partial charge in [-0.1, -0.05) is 6.07 Å². The second-order valence-electron chi connectivity index (χ2n) is 8.52. The van der Waals surface area contributed by atoms with Crippen molar-refractivity contribution >= 4 is 23.3 Å². The Hall–Kier alpha value is -2.82. The van der Waals surface area contributed by atoms with Gasteiger partial charge in [0, 0.05) is 42.5 Å². The summed E-state index contributed by atoms with van der Waals surface area (Å²) in [5.74, 6) is -4.96. The molecule has 212 valence electrons. The average molecular weight is 574 g/mol. The first-order valence-electron chi connectivity index (χ1n) is 10.9. The largest absolute Gasteiger partial charge is 0.490 e. The van der Waals surface area contributed by atoms with Crippen LogP contribution in [0.3, 0.4) is 0 Å². The van der Waals surface area contributed by atoms with Crippen molar-refractivity contribution in [1.29, 1.82) is 0 Å². The molecule has 2 aliphatic heterocycles. The third-order valence-electron chi connectivity index (χ3n) is 5.49. The van der Waals surface area contributed by atoms with Gasteiger partial charge in [-0.25, -0.2) is 14.6 Å². The number of pyridine rings is 1. The van der Waals surface area contributed by atoms with Crippen molar-refractivity contribution in [3.63, 3.8) is 0 Å². The lowest BCUT2D eigenvalue weighted by Crippen LogP contribution is -2.35. The molecule has 2 N–H and O–H groups in total. The van der Waals surface area contributed by atoms with E-state index in [2.05, 4.69) is 32.4 Å². The highest BCUT2D eigenvalue weighted by Gasteiger charge is 2.50. The van der Waals surface area contributed by atoms with Crippen LogP contribution in [0.5, 0.6) is 0 Å². The number of alkyl halides is 6. The summed E-state index contributed by atoms with van der Waals surface area (Å²) in [6.45, 7) is 8.00. The second kappa shape index (κ2) is 13.3. The van der Waals surface area contributed by atoms with Gasteiger partial charge in [0.15, 0.2) is 0 Å². The highest BCUT2D eigenvalue weighted by molar-refractivity contribution is 7.09. The zero-order valence-corrected chi connectivity index (χ0v) is 20.8. The van der Waals surface area contributed by atoms with Crippen LogP contribution in [-0.2, 0) is 32.2 Å². The minimum absolute atomic E-state index is 0.125. The van der Waals surface area contributed by atoms with Crippen LogP contribution in [0.25, 0.3) is 0 Å². The van der Waals surface area contributed by atoms with Gasteiger partial charge in [-0.3, -0.25) is 9.88 Å². The molecule has 4 heterocycles. The fourth-order valence-corrected chi connectivity index (χ4v) is 4.42. The summed E-state index contributed by atoms with van der Waals surface area (Å²) in [5, 5.41) is 17.4. The fraction of sp³-hybridized carbons (Fsp3) is 0.545. The Morgan fingerprint density at radius 3 is 2.29 bits per heavy atom. The number of hydrogen-bond acceptors (Lipinski definition) is 8. The Kier molecular flexibility index (Phi) is 11.0. The molecule has 0 saturated carbocycles. The minimum Gasteiger partial charge on any atom is -0.475 e. The molecule has 2 aliphatic rings. The monoisotopic (exact) mass is 573 g/mol. The normalized spacial score (nSPS) is 21.1. The Labute approximate surface area is 217 Å². The number of aryl methyl sites for hydroxylation is 1. The molecule has 9 nitrogen and oxygen atoms in total. The van der Waals surface area contributed by atoms with Crippen molar-refractivity contribution in [2.45, 2.75) is 32.4 Å². The van der Waals surface area contributed by atoms with Crippen LogP contribution in [-0.4, -0.2) is 82.3 Å². The van der Waals surface area contributed by atoms with Gasteiger partial charge < -0.3 is 19.7 Å². The molecule has 0 aromatic carbocycles. The highest BCUT2D eigenvalue weighted by atomic mass is 32.1. The molecule has 0 spiro atoms. The van der Waals surface area contributed by atoms with Gasteiger partial charge in [-0.05, 0) is 19.1 Å². The summed E-state index contributed by atoms with van der Waals surface area (Å²) in [7, 11) is 0. The number of ether oxygens (including phenoxy) is 2. The Morgan fingerprint density at radius 2 is 1.79 bits per heavy atom. The van der Waals surface area contributed by atoms with E-state index in [1.54, 1.807) is 11.3 Å². The standard InChI is InChI=1S/C18H23N3O2S.2C2HF3O2/c1-14-20-17(10-24-14)9-23-13-18-11-21(6-15(18)8-22-12-18)7-16-4-2-3-5-19-16;2*3-2(4,5)1(6)7/h2-5,10,15H,6-9,11-13H2,1H3;2*(H,6,7)/t15-,18+;;/m1../s1. The van der Waals surface area contributed by atoms with Gasteiger partial charge in [-0.2, -0.15) is 26.3 Å². The van der Waals surface area contributed by atoms with Crippen molar-refractivity contribution in [1.82, 2.24) is 14.9 Å². The molecule has 0 unspecified atom stereocenters. The number of halogens is 6. The van der Waals surface area contributed by atoms with Crippen molar-refractivity contribution < 1.29 is 55.6 Å². The van der Waals surface area contributed by atoms with E-state index in [1.165, 1.54) is 0 Å². The number of carboxylic acid groups (broad SMARTS) is 2. The predicted molar refractivity (Wildman–Crippen MR) is 120 cm³/mol. The van der Waals surface area contributed by atoms with E-state index in [0.717, 1.165) is 55.9 Å². The Bertz CT molecular complexity index is 1030. The molecule has 16 heteroatoms. The third-order valence-corrected chi connectivity index (χ3v) is 6.32. The molecular formula is C22H25F6N3O6S. The van der Waals surface area contributed by atoms with Crippen LogP contribution < -0.4 is 0 Å². The molecule has 38 heavy (non-hydrogen) atoms. The molecule has 0 aliphatic carbocycles. The van der Waals surface area contributed by atoms with Crippen LogP contribution in [0.15, 0.2) is 29.8 Å². The first-order chi connectivity index (χ1) is 17.6. The number of rotatable bonds is 6. The molecule has 2 aromatic rings. The number of fused-ring (bicyclic) bond motifs is 1. The smallest absolute Gasteiger partial charge is 0.475 e. The molecular weight excluding hydrogens is 548 g/mol. The van der Waals surface area contributed by atoms with Crippen molar-refractivity contribution in [3.05, 3.63) is 46.2 Å². The number of carbonyl (C=O) groups is 2. The summed E-state index contributed by atoms with van der Waals surface area (Å²) in [6.07, 6.45) is -8.30. The lowest BCUT2D eigenvalue weighted by Gasteiger charge is -2.27. The minimum atomic E-state index is -5.08. The Morgan fingerprint density at radius 1 is 1.16 bits per heavy atom. The predicted octanol–water partition coefficient (Wildman–Crippen LogP) is 3.78. The molecule has 4 rings (SSSR count). The van der Waals surface area contributed by atoms with Gasteiger partial charge in [0.25, 0.3) is 0 Å². The van der Waals surface area contributed by atoms with Crippen LogP contribution in [0.2, 0.25) is 0 Å². The maximum Gasteiger partial charge on any atom is 0.490 e. The second-order valence-corrected chi connectivity index (χ2v) is 9.58. The molecule has 2 fully saturated rings. The molecule has 2 saturated heterocycles. The third kappa shape index (κ3) is 9.81. The van der Waals surface area contributed by atoms with Crippen LogP contribution in [0, 0.1) is 18.3 Å². The summed E-state index contributed by atoms with van der Waals surface area (Å²) < 4.78 is 75.3. The number of carboxylic acids is 2. The van der Waals surface area contributed by atoms with E-state index >= 15 is 0 Å². The van der Waals surface area contributed by atoms with E-state index in [9.17, 15) is 26.3 Å². The van der Waals surface area contributed by atoms with Crippen molar-refractivity contribution in [3.8, 4) is 0 Å². The maximum absolute atomic E-state index is 10.6.